The van der Waals surface area contributed by atoms with Crippen LogP contribution in [0.5, 0.6) is 0 Å². The number of nitrogens with one attached hydrogen (secondary N) is 1. The summed E-state index contributed by atoms with van der Waals surface area (Å²) in [5.41, 5.74) is 0.881. The summed E-state index contributed by atoms with van der Waals surface area (Å²) in [6.07, 6.45) is 5.93. The lowest BCUT2D eigenvalue weighted by Gasteiger charge is -2.36. The third-order valence-electron chi connectivity index (χ3n) is 5.97. The average molecular weight is 420 g/mol. The van der Waals surface area contributed by atoms with E-state index in [2.05, 4.69) is 15.1 Å². The van der Waals surface area contributed by atoms with Gasteiger partial charge in [0, 0.05) is 30.7 Å². The number of carbonyl (C=O) groups excluding carboxylic acids is 2. The Kier molecular flexibility index (Phi) is 7.84. The van der Waals surface area contributed by atoms with Crippen molar-refractivity contribution >= 4 is 29.4 Å². The minimum Gasteiger partial charge on any atom is -0.395 e. The number of aliphatic hydroxyl groups excluding tert-OH is 1. The van der Waals surface area contributed by atoms with E-state index in [4.69, 9.17) is 11.6 Å². The van der Waals surface area contributed by atoms with Crippen LogP contribution in [0.15, 0.2) is 30.3 Å². The Morgan fingerprint density at radius 3 is 3.00 bits per heavy atom. The Morgan fingerprint density at radius 1 is 1.41 bits per heavy atom. The minimum atomic E-state index is -0.303. The van der Waals surface area contributed by atoms with Gasteiger partial charge < -0.3 is 10.4 Å². The molecule has 1 amide bonds. The second kappa shape index (κ2) is 10.3. The lowest BCUT2D eigenvalue weighted by molar-refractivity contribution is -0.128. The van der Waals surface area contributed by atoms with Gasteiger partial charge in [-0.1, -0.05) is 29.8 Å². The van der Waals surface area contributed by atoms with E-state index in [9.17, 15) is 14.7 Å². The molecule has 2 heterocycles. The topological polar surface area (TPSA) is 72.9 Å². The summed E-state index contributed by atoms with van der Waals surface area (Å²) in [6, 6.07) is 6.91. The molecule has 0 radical (unpaired) electrons. The molecular formula is C22H30ClN3O3. The largest absolute Gasteiger partial charge is 0.395 e. The average Bonchev–Trinajstić information content (AvgIpc) is 3.18. The van der Waals surface area contributed by atoms with Crippen LogP contribution in [-0.4, -0.2) is 77.5 Å². The molecule has 2 aliphatic heterocycles. The van der Waals surface area contributed by atoms with Gasteiger partial charge in [0.2, 0.25) is 5.91 Å². The van der Waals surface area contributed by atoms with Crippen molar-refractivity contribution in [2.75, 3.05) is 32.8 Å². The number of nitrogens with zero attached hydrogens (tertiary/aromatic N) is 2. The van der Waals surface area contributed by atoms with Crippen LogP contribution in [0.1, 0.15) is 31.7 Å². The molecule has 1 aromatic rings. The molecule has 158 valence electrons. The zero-order chi connectivity index (χ0) is 20.8. The number of benzene rings is 1. The normalized spacial score (nSPS) is 24.7. The summed E-state index contributed by atoms with van der Waals surface area (Å²) in [4.78, 5) is 29.3. The van der Waals surface area contributed by atoms with Crippen molar-refractivity contribution in [1.82, 2.24) is 15.1 Å². The molecule has 2 aliphatic rings. The van der Waals surface area contributed by atoms with E-state index in [1.54, 1.807) is 18.2 Å². The summed E-state index contributed by atoms with van der Waals surface area (Å²) in [5.74, 6) is 0.0637. The molecule has 2 unspecified atom stereocenters. The number of likely N-dealkylation sites (tertiary alicyclic amines) is 1. The second-order valence-corrected chi connectivity index (χ2v) is 8.25. The SMILES string of the molecule is CC1C(=O)NCCN1CCC(C(=O)/C=C/c1cccc(Cl)c1)N1CCC[C@H]1CO. The molecule has 3 rings (SSSR count). The second-order valence-electron chi connectivity index (χ2n) is 7.81. The fraction of sp³-hybridized carbons (Fsp3) is 0.545. The fourth-order valence-electron chi connectivity index (χ4n) is 4.26. The third-order valence-corrected chi connectivity index (χ3v) is 6.20. The number of ketones is 1. The highest BCUT2D eigenvalue weighted by molar-refractivity contribution is 6.30. The summed E-state index contributed by atoms with van der Waals surface area (Å²) in [6.45, 7) is 4.86. The number of hydrogen-bond donors (Lipinski definition) is 2. The van der Waals surface area contributed by atoms with Crippen molar-refractivity contribution < 1.29 is 14.7 Å². The summed E-state index contributed by atoms with van der Waals surface area (Å²) in [7, 11) is 0. The van der Waals surface area contributed by atoms with Crippen molar-refractivity contribution in [2.45, 2.75) is 44.3 Å². The van der Waals surface area contributed by atoms with Crippen LogP contribution in [0, 0.1) is 0 Å². The molecule has 2 saturated heterocycles. The number of hydrogen-bond acceptors (Lipinski definition) is 5. The lowest BCUT2D eigenvalue weighted by Crippen LogP contribution is -2.55. The van der Waals surface area contributed by atoms with E-state index < -0.39 is 0 Å². The van der Waals surface area contributed by atoms with Gasteiger partial charge in [0.1, 0.15) is 0 Å². The molecular weight excluding hydrogens is 390 g/mol. The first-order valence-electron chi connectivity index (χ1n) is 10.4. The Balaban J connectivity index is 1.72. The quantitative estimate of drug-likeness (QED) is 0.630. The van der Waals surface area contributed by atoms with Crippen LogP contribution < -0.4 is 5.32 Å². The van der Waals surface area contributed by atoms with E-state index in [-0.39, 0.29) is 36.4 Å². The van der Waals surface area contributed by atoms with Gasteiger partial charge in [0.25, 0.3) is 0 Å². The fourth-order valence-corrected chi connectivity index (χ4v) is 4.46. The number of aliphatic hydroxyl groups is 1. The Labute approximate surface area is 177 Å². The molecule has 6 nitrogen and oxygen atoms in total. The van der Waals surface area contributed by atoms with Crippen molar-refractivity contribution in [2.24, 2.45) is 0 Å². The first-order chi connectivity index (χ1) is 14.0. The summed E-state index contributed by atoms with van der Waals surface area (Å²) in [5, 5.41) is 13.3. The van der Waals surface area contributed by atoms with Gasteiger partial charge in [0.05, 0.1) is 18.7 Å². The zero-order valence-corrected chi connectivity index (χ0v) is 17.6. The van der Waals surface area contributed by atoms with Crippen molar-refractivity contribution in [3.8, 4) is 0 Å². The predicted octanol–water partition coefficient (Wildman–Crippen LogP) is 1.96. The predicted molar refractivity (Wildman–Crippen MR) is 115 cm³/mol. The molecule has 29 heavy (non-hydrogen) atoms. The summed E-state index contributed by atoms with van der Waals surface area (Å²) >= 11 is 6.03. The van der Waals surface area contributed by atoms with Gasteiger partial charge in [0.15, 0.2) is 5.78 Å². The number of piperazine rings is 1. The molecule has 3 atom stereocenters. The molecule has 0 aliphatic carbocycles. The molecule has 0 saturated carbocycles. The number of halogens is 1. The highest BCUT2D eigenvalue weighted by Crippen LogP contribution is 2.23. The molecule has 7 heteroatoms. The number of carbonyl (C=O) groups is 2. The van der Waals surface area contributed by atoms with Gasteiger partial charge in [-0.25, -0.2) is 0 Å². The molecule has 0 bridgehead atoms. The first-order valence-corrected chi connectivity index (χ1v) is 10.7. The molecule has 1 aromatic carbocycles. The van der Waals surface area contributed by atoms with Crippen LogP contribution >= 0.6 is 11.6 Å². The van der Waals surface area contributed by atoms with Crippen molar-refractivity contribution in [3.05, 3.63) is 40.9 Å². The molecule has 2 fully saturated rings. The van der Waals surface area contributed by atoms with Gasteiger partial charge >= 0.3 is 0 Å². The van der Waals surface area contributed by atoms with Crippen LogP contribution in [-0.2, 0) is 9.59 Å². The smallest absolute Gasteiger partial charge is 0.237 e. The van der Waals surface area contributed by atoms with Crippen LogP contribution in [0.4, 0.5) is 0 Å². The third kappa shape index (κ3) is 5.66. The zero-order valence-electron chi connectivity index (χ0n) is 16.9. The highest BCUT2D eigenvalue weighted by atomic mass is 35.5. The monoisotopic (exact) mass is 419 g/mol. The lowest BCUT2D eigenvalue weighted by atomic mass is 10.0. The Morgan fingerprint density at radius 2 is 2.24 bits per heavy atom. The van der Waals surface area contributed by atoms with Gasteiger partial charge in [-0.3, -0.25) is 19.4 Å². The van der Waals surface area contributed by atoms with Crippen LogP contribution in [0.3, 0.4) is 0 Å². The summed E-state index contributed by atoms with van der Waals surface area (Å²) < 4.78 is 0. The standard InChI is InChI=1S/C22H30ClN3O3/c1-16-22(29)24-10-13-25(16)12-9-20(26-11-3-6-19(26)15-27)21(28)8-7-17-4-2-5-18(23)14-17/h2,4-5,7-8,14,16,19-20,27H,3,6,9-13,15H2,1H3,(H,24,29)/b8-7+/t16?,19-,20?/m0/s1. The molecule has 2 N–H and O–H groups in total. The highest BCUT2D eigenvalue weighted by Gasteiger charge is 2.34. The van der Waals surface area contributed by atoms with E-state index in [1.165, 1.54) is 0 Å². The van der Waals surface area contributed by atoms with E-state index in [1.807, 2.05) is 25.1 Å². The van der Waals surface area contributed by atoms with Gasteiger partial charge in [-0.2, -0.15) is 0 Å². The number of rotatable bonds is 8. The van der Waals surface area contributed by atoms with E-state index in [0.717, 1.165) is 31.5 Å². The molecule has 0 spiro atoms. The van der Waals surface area contributed by atoms with Crippen molar-refractivity contribution in [1.29, 1.82) is 0 Å². The van der Waals surface area contributed by atoms with Crippen molar-refractivity contribution in [3.63, 3.8) is 0 Å². The maximum absolute atomic E-state index is 13.1. The maximum atomic E-state index is 13.1. The van der Waals surface area contributed by atoms with Gasteiger partial charge in [-0.05, 0) is 56.5 Å². The van der Waals surface area contributed by atoms with Crippen LogP contribution in [0.25, 0.3) is 6.08 Å². The first kappa shape index (κ1) is 22.0. The van der Waals surface area contributed by atoms with Gasteiger partial charge in [-0.15, -0.1) is 0 Å². The Hall–Kier alpha value is -1.73. The minimum absolute atomic E-state index is 0.0191. The van der Waals surface area contributed by atoms with Crippen LogP contribution in [0.2, 0.25) is 5.02 Å². The van der Waals surface area contributed by atoms with E-state index >= 15 is 0 Å². The van der Waals surface area contributed by atoms with E-state index in [0.29, 0.717) is 24.5 Å². The molecule has 0 aromatic heterocycles. The Bertz CT molecular complexity index is 755. The maximum Gasteiger partial charge on any atom is 0.237 e. The number of amides is 1.